The number of fused-ring (bicyclic) bond motifs is 1. The van der Waals surface area contributed by atoms with Gasteiger partial charge in [-0.2, -0.15) is 18.3 Å². The maximum absolute atomic E-state index is 12.8. The molecule has 0 aromatic heterocycles. The summed E-state index contributed by atoms with van der Waals surface area (Å²) in [4.78, 5) is 0.785. The molecule has 0 spiro atoms. The Morgan fingerprint density at radius 3 is 2.70 bits per heavy atom. The number of alkyl halides is 3. The largest absolute Gasteiger partial charge is 0.438 e. The quantitative estimate of drug-likeness (QED) is 0.778. The van der Waals surface area contributed by atoms with E-state index in [1.807, 2.05) is 19.3 Å². The summed E-state index contributed by atoms with van der Waals surface area (Å²) in [6.45, 7) is 3.97. The summed E-state index contributed by atoms with van der Waals surface area (Å²) in [7, 11) is 0. The molecule has 3 nitrogen and oxygen atoms in total. The molecule has 0 fully saturated rings. The molecule has 0 aromatic rings. The Bertz CT molecular complexity index is 555. The number of hydrazone groups is 1. The molecule has 20 heavy (non-hydrogen) atoms. The van der Waals surface area contributed by atoms with E-state index in [0.29, 0.717) is 5.71 Å². The third-order valence-corrected chi connectivity index (χ3v) is 6.71. The molecule has 0 unspecified atom stereocenters. The zero-order valence-corrected chi connectivity index (χ0v) is 12.4. The molecule has 3 rings (SSSR count). The Morgan fingerprint density at radius 1 is 1.45 bits per heavy atom. The predicted molar refractivity (Wildman–Crippen MR) is 75.1 cm³/mol. The molecular weight excluding hydrogens is 309 g/mol. The highest BCUT2D eigenvalue weighted by atomic mass is 32.2. The lowest BCUT2D eigenvalue weighted by Gasteiger charge is -2.24. The van der Waals surface area contributed by atoms with Gasteiger partial charge in [0.05, 0.1) is 16.7 Å². The first-order valence-corrected chi connectivity index (χ1v) is 7.88. The van der Waals surface area contributed by atoms with Crippen LogP contribution in [0.4, 0.5) is 13.2 Å². The van der Waals surface area contributed by atoms with Gasteiger partial charge in [0.1, 0.15) is 0 Å². The fourth-order valence-corrected chi connectivity index (χ4v) is 5.71. The summed E-state index contributed by atoms with van der Waals surface area (Å²) in [6, 6.07) is 0. The van der Waals surface area contributed by atoms with Gasteiger partial charge in [-0.15, -0.1) is 23.5 Å². The summed E-state index contributed by atoms with van der Waals surface area (Å²) in [6.07, 6.45) is -5.28. The summed E-state index contributed by atoms with van der Waals surface area (Å²) in [5, 5.41) is 15.4. The van der Waals surface area contributed by atoms with Gasteiger partial charge in [-0.25, -0.2) is 0 Å². The van der Waals surface area contributed by atoms with Crippen LogP contribution in [0.5, 0.6) is 0 Å². The van der Waals surface area contributed by atoms with Crippen LogP contribution in [0.25, 0.3) is 0 Å². The number of nitrogens with zero attached hydrogens (tertiary/aromatic N) is 1. The highest BCUT2D eigenvalue weighted by Crippen LogP contribution is 2.55. The van der Waals surface area contributed by atoms with E-state index in [0.717, 1.165) is 10.5 Å². The number of nitrogens with one attached hydrogen (secondary N) is 1. The van der Waals surface area contributed by atoms with E-state index >= 15 is 0 Å². The summed E-state index contributed by atoms with van der Waals surface area (Å²) in [5.74, 6) is 0.266. The Balaban J connectivity index is 1.85. The molecule has 0 amide bonds. The molecule has 3 aliphatic rings. The van der Waals surface area contributed by atoms with Crippen LogP contribution in [0, 0.1) is 5.92 Å². The normalized spacial score (nSPS) is 36.9. The van der Waals surface area contributed by atoms with E-state index < -0.39 is 18.3 Å². The lowest BCUT2D eigenvalue weighted by Crippen LogP contribution is -2.52. The van der Waals surface area contributed by atoms with Gasteiger partial charge in [0.25, 0.3) is 5.72 Å². The molecule has 0 saturated carbocycles. The van der Waals surface area contributed by atoms with Gasteiger partial charge in [-0.3, -0.25) is 5.43 Å². The molecule has 3 aliphatic heterocycles. The molecule has 0 aliphatic carbocycles. The van der Waals surface area contributed by atoms with Crippen molar-refractivity contribution in [2.45, 2.75) is 36.8 Å². The minimum Gasteiger partial charge on any atom is -0.362 e. The number of thioether (sulfide) groups is 2. The molecule has 2 N–H and O–H groups in total. The third kappa shape index (κ3) is 2.00. The van der Waals surface area contributed by atoms with E-state index in [1.165, 1.54) is 5.57 Å². The first kappa shape index (κ1) is 14.3. The molecule has 0 bridgehead atoms. The van der Waals surface area contributed by atoms with Crippen LogP contribution in [-0.4, -0.2) is 27.3 Å². The van der Waals surface area contributed by atoms with Crippen molar-refractivity contribution in [3.05, 3.63) is 21.5 Å². The van der Waals surface area contributed by atoms with Gasteiger partial charge in [0, 0.05) is 10.8 Å². The van der Waals surface area contributed by atoms with Gasteiger partial charge in [-0.05, 0) is 24.8 Å². The van der Waals surface area contributed by atoms with Crippen molar-refractivity contribution < 1.29 is 18.3 Å². The number of hydrogen-bond acceptors (Lipinski definition) is 5. The third-order valence-electron chi connectivity index (χ3n) is 3.74. The smallest absolute Gasteiger partial charge is 0.362 e. The topological polar surface area (TPSA) is 44.6 Å². The Hall–Kier alpha value is -0.600. The van der Waals surface area contributed by atoms with Crippen molar-refractivity contribution in [1.29, 1.82) is 0 Å². The van der Waals surface area contributed by atoms with E-state index in [-0.39, 0.29) is 10.5 Å². The first-order chi connectivity index (χ1) is 9.23. The van der Waals surface area contributed by atoms with Crippen molar-refractivity contribution in [2.75, 3.05) is 0 Å². The maximum Gasteiger partial charge on any atom is 0.438 e. The van der Waals surface area contributed by atoms with Crippen LogP contribution in [0.15, 0.2) is 26.6 Å². The maximum atomic E-state index is 12.8. The monoisotopic (exact) mass is 322 g/mol. The molecule has 0 aromatic carbocycles. The Labute approximate surface area is 122 Å². The number of aliphatic hydroxyl groups is 1. The van der Waals surface area contributed by atoms with Crippen LogP contribution >= 0.6 is 23.5 Å². The molecule has 0 saturated heterocycles. The van der Waals surface area contributed by atoms with Crippen LogP contribution in [-0.2, 0) is 0 Å². The van der Waals surface area contributed by atoms with E-state index in [1.54, 1.807) is 23.5 Å². The zero-order valence-electron chi connectivity index (χ0n) is 10.8. The van der Waals surface area contributed by atoms with Crippen LogP contribution in [0.2, 0.25) is 0 Å². The standard InChI is InChI=1S/C12H13F3N2OS2/c1-5-4-19-10-8(5)6(2)9(20-10)7-3-11(18,17-16-7)12(13,14)15/h4,8,10,17-18H,3H2,1-2H3/t8-,10-,11+/m0/s1. The van der Waals surface area contributed by atoms with Crippen molar-refractivity contribution >= 4 is 29.2 Å². The van der Waals surface area contributed by atoms with Crippen molar-refractivity contribution in [3.8, 4) is 0 Å². The minimum atomic E-state index is -4.74. The van der Waals surface area contributed by atoms with Crippen LogP contribution < -0.4 is 5.43 Å². The molecule has 3 atom stereocenters. The average Bonchev–Trinajstić information content (AvgIpc) is 2.97. The summed E-state index contributed by atoms with van der Waals surface area (Å²) >= 11 is 3.23. The molecule has 8 heteroatoms. The van der Waals surface area contributed by atoms with Crippen molar-refractivity contribution in [2.24, 2.45) is 11.0 Å². The zero-order chi connectivity index (χ0) is 14.7. The van der Waals surface area contributed by atoms with E-state index in [9.17, 15) is 18.3 Å². The lowest BCUT2D eigenvalue weighted by atomic mass is 9.94. The Morgan fingerprint density at radius 2 is 2.15 bits per heavy atom. The van der Waals surface area contributed by atoms with Crippen LogP contribution in [0.1, 0.15) is 20.3 Å². The second-order valence-corrected chi connectivity index (χ2v) is 7.65. The van der Waals surface area contributed by atoms with Crippen molar-refractivity contribution in [1.82, 2.24) is 5.43 Å². The molecule has 110 valence electrons. The number of halogens is 3. The molecule has 0 radical (unpaired) electrons. The van der Waals surface area contributed by atoms with E-state index in [4.69, 9.17) is 0 Å². The van der Waals surface area contributed by atoms with Crippen LogP contribution in [0.3, 0.4) is 0 Å². The van der Waals surface area contributed by atoms with Gasteiger partial charge >= 0.3 is 6.18 Å². The van der Waals surface area contributed by atoms with Gasteiger partial charge < -0.3 is 5.11 Å². The second-order valence-electron chi connectivity index (χ2n) is 5.18. The van der Waals surface area contributed by atoms with Gasteiger partial charge in [-0.1, -0.05) is 5.57 Å². The fraction of sp³-hybridized carbons (Fsp3) is 0.583. The highest BCUT2D eigenvalue weighted by molar-refractivity contribution is 8.20. The predicted octanol–water partition coefficient (Wildman–Crippen LogP) is 3.20. The first-order valence-electron chi connectivity index (χ1n) is 6.06. The Kier molecular flexibility index (Phi) is 3.19. The van der Waals surface area contributed by atoms with Gasteiger partial charge in [0.15, 0.2) is 0 Å². The average molecular weight is 322 g/mol. The fourth-order valence-electron chi connectivity index (χ4n) is 2.60. The number of rotatable bonds is 1. The van der Waals surface area contributed by atoms with Gasteiger partial charge in [0.2, 0.25) is 0 Å². The summed E-state index contributed by atoms with van der Waals surface area (Å²) < 4.78 is 38.6. The molecule has 3 heterocycles. The second kappa shape index (κ2) is 4.45. The van der Waals surface area contributed by atoms with E-state index in [2.05, 4.69) is 10.5 Å². The van der Waals surface area contributed by atoms with Crippen molar-refractivity contribution in [3.63, 3.8) is 0 Å². The molecular formula is C12H13F3N2OS2. The highest BCUT2D eigenvalue weighted by Gasteiger charge is 2.58. The number of allylic oxidation sites excluding steroid dienone is 3. The lowest BCUT2D eigenvalue weighted by molar-refractivity contribution is -0.266. The number of hydrogen-bond donors (Lipinski definition) is 2. The summed E-state index contributed by atoms with van der Waals surface area (Å²) in [5.41, 5.74) is 1.49. The minimum absolute atomic E-state index is 0.266. The SMILES string of the molecule is CC1=CS[C@H]2SC(C3=NN[C@](O)(C(F)(F)F)C3)=C(C)[C@H]12.